The number of nitrogens with zero attached hydrogens (tertiary/aromatic N) is 2. The largest absolute Gasteiger partial charge is 0.352 e. The maximum Gasteiger partial charge on any atom is 0.263 e. The minimum absolute atomic E-state index is 0.0109. The Bertz CT molecular complexity index is 916. The molecule has 1 aliphatic carbocycles. The van der Waals surface area contributed by atoms with Crippen LogP contribution in [0.2, 0.25) is 0 Å². The van der Waals surface area contributed by atoms with Gasteiger partial charge in [0.25, 0.3) is 5.56 Å². The molecule has 1 aliphatic rings. The normalized spacial score (nSPS) is 20.0. The van der Waals surface area contributed by atoms with Crippen molar-refractivity contribution in [2.24, 2.45) is 5.92 Å². The predicted molar refractivity (Wildman–Crippen MR) is 114 cm³/mol. The van der Waals surface area contributed by atoms with E-state index in [4.69, 9.17) is 0 Å². The molecule has 2 heterocycles. The van der Waals surface area contributed by atoms with Crippen molar-refractivity contribution in [2.75, 3.05) is 5.75 Å². The summed E-state index contributed by atoms with van der Waals surface area (Å²) in [4.78, 5) is 31.9. The molecule has 1 saturated carbocycles. The van der Waals surface area contributed by atoms with Gasteiger partial charge < -0.3 is 5.32 Å². The summed E-state index contributed by atoms with van der Waals surface area (Å²) in [7, 11) is 0. The average molecular weight is 406 g/mol. The molecule has 5 nitrogen and oxygen atoms in total. The first kappa shape index (κ1) is 20.1. The molecule has 0 bridgehead atoms. The Labute approximate surface area is 168 Å². The zero-order chi connectivity index (χ0) is 19.6. The van der Waals surface area contributed by atoms with Gasteiger partial charge in [-0.2, -0.15) is 0 Å². The molecule has 0 spiro atoms. The van der Waals surface area contributed by atoms with Crippen LogP contribution < -0.4 is 10.9 Å². The lowest BCUT2D eigenvalue weighted by Gasteiger charge is -2.29. The van der Waals surface area contributed by atoms with Crippen LogP contribution in [0.1, 0.15) is 43.0 Å². The summed E-state index contributed by atoms with van der Waals surface area (Å²) in [5, 5.41) is 4.43. The van der Waals surface area contributed by atoms with E-state index >= 15 is 0 Å². The molecule has 0 aliphatic heterocycles. The molecule has 1 amide bonds. The summed E-state index contributed by atoms with van der Waals surface area (Å²) in [5.74, 6) is 0.803. The zero-order valence-electron chi connectivity index (χ0n) is 16.2. The highest BCUT2D eigenvalue weighted by Crippen LogP contribution is 2.28. The number of hydrogen-bond acceptors (Lipinski definition) is 5. The number of aromatic nitrogens is 2. The van der Waals surface area contributed by atoms with Crippen LogP contribution in [0.15, 0.2) is 22.6 Å². The highest BCUT2D eigenvalue weighted by Gasteiger charge is 2.23. The Hall–Kier alpha value is -1.60. The summed E-state index contributed by atoms with van der Waals surface area (Å²) in [6.45, 7) is 10.3. The van der Waals surface area contributed by atoms with Gasteiger partial charge in [0.15, 0.2) is 5.16 Å². The maximum absolute atomic E-state index is 12.9. The van der Waals surface area contributed by atoms with Gasteiger partial charge in [0.05, 0.1) is 11.1 Å². The van der Waals surface area contributed by atoms with E-state index in [2.05, 4.69) is 23.8 Å². The first-order valence-electron chi connectivity index (χ1n) is 9.46. The number of allylic oxidation sites excluding steroid dienone is 1. The second-order valence-corrected chi connectivity index (χ2v) is 9.43. The Balaban J connectivity index is 1.79. The van der Waals surface area contributed by atoms with Gasteiger partial charge in [-0.15, -0.1) is 17.9 Å². The molecule has 7 heteroatoms. The minimum atomic E-state index is -0.0504. The van der Waals surface area contributed by atoms with E-state index in [1.165, 1.54) is 42.4 Å². The van der Waals surface area contributed by atoms with Crippen LogP contribution in [0.4, 0.5) is 0 Å². The Morgan fingerprint density at radius 1 is 1.41 bits per heavy atom. The fraction of sp³-hybridized carbons (Fsp3) is 0.550. The van der Waals surface area contributed by atoms with E-state index in [1.54, 1.807) is 10.6 Å². The number of fused-ring (bicyclic) bond motifs is 1. The predicted octanol–water partition coefficient (Wildman–Crippen LogP) is 4.05. The number of thiophene rings is 1. The van der Waals surface area contributed by atoms with Crippen LogP contribution in [-0.4, -0.2) is 27.3 Å². The molecule has 146 valence electrons. The van der Waals surface area contributed by atoms with Gasteiger partial charge in [0, 0.05) is 17.5 Å². The van der Waals surface area contributed by atoms with Crippen molar-refractivity contribution in [1.29, 1.82) is 0 Å². The number of nitrogens with one attached hydrogen (secondary N) is 1. The van der Waals surface area contributed by atoms with E-state index in [0.29, 0.717) is 23.0 Å². The molecule has 0 aromatic carbocycles. The van der Waals surface area contributed by atoms with Gasteiger partial charge in [0.1, 0.15) is 4.83 Å². The Morgan fingerprint density at radius 2 is 2.15 bits per heavy atom. The molecular weight excluding hydrogens is 378 g/mol. The van der Waals surface area contributed by atoms with Crippen molar-refractivity contribution < 1.29 is 4.79 Å². The first-order chi connectivity index (χ1) is 12.9. The van der Waals surface area contributed by atoms with Crippen molar-refractivity contribution in [2.45, 2.75) is 64.2 Å². The van der Waals surface area contributed by atoms with Crippen LogP contribution in [0.5, 0.6) is 0 Å². The summed E-state index contributed by atoms with van der Waals surface area (Å²) in [6, 6.07) is 0.264. The third kappa shape index (κ3) is 4.29. The third-order valence-electron chi connectivity index (χ3n) is 5.36. The number of aryl methyl sites for hydroxylation is 2. The van der Waals surface area contributed by atoms with E-state index in [-0.39, 0.29) is 23.3 Å². The number of carbonyl (C=O) groups excluding carboxylic acids is 1. The lowest BCUT2D eigenvalue weighted by atomic mass is 9.86. The molecule has 2 atom stereocenters. The molecule has 2 aromatic heterocycles. The first-order valence-corrected chi connectivity index (χ1v) is 11.3. The monoisotopic (exact) mass is 405 g/mol. The standard InChI is InChI=1S/C20H27N3O2S2/c1-5-10-23-19(25)17-13(3)14(4)27-18(17)22-20(23)26-11-16(24)21-15-9-7-6-8-12(15)2/h5,12,15H,1,6-11H2,2-4H3,(H,21,24)/t12-,15-/m0/s1. The fourth-order valence-corrected chi connectivity index (χ4v) is 5.51. The van der Waals surface area contributed by atoms with Crippen LogP contribution in [0, 0.1) is 19.8 Å². The molecule has 1 N–H and O–H groups in total. The number of rotatable bonds is 6. The summed E-state index contributed by atoms with van der Waals surface area (Å²) in [6.07, 6.45) is 6.34. The Kier molecular flexibility index (Phi) is 6.42. The fourth-order valence-electron chi connectivity index (χ4n) is 3.62. The summed E-state index contributed by atoms with van der Waals surface area (Å²) < 4.78 is 1.62. The van der Waals surface area contributed by atoms with E-state index in [9.17, 15) is 9.59 Å². The van der Waals surface area contributed by atoms with Crippen molar-refractivity contribution in [3.63, 3.8) is 0 Å². The highest BCUT2D eigenvalue weighted by molar-refractivity contribution is 7.99. The van der Waals surface area contributed by atoms with Gasteiger partial charge in [-0.3, -0.25) is 14.2 Å². The highest BCUT2D eigenvalue weighted by atomic mass is 32.2. The molecule has 0 radical (unpaired) electrons. The van der Waals surface area contributed by atoms with Crippen molar-refractivity contribution >= 4 is 39.2 Å². The number of thioether (sulfide) groups is 1. The smallest absolute Gasteiger partial charge is 0.263 e. The van der Waals surface area contributed by atoms with Crippen LogP contribution >= 0.6 is 23.1 Å². The van der Waals surface area contributed by atoms with Crippen LogP contribution in [0.3, 0.4) is 0 Å². The second-order valence-electron chi connectivity index (χ2n) is 7.29. The molecule has 0 unspecified atom stereocenters. The summed E-state index contributed by atoms with van der Waals surface area (Å²) >= 11 is 2.86. The minimum Gasteiger partial charge on any atom is -0.352 e. The van der Waals surface area contributed by atoms with Crippen LogP contribution in [0.25, 0.3) is 10.2 Å². The second kappa shape index (κ2) is 8.61. The van der Waals surface area contributed by atoms with E-state index < -0.39 is 0 Å². The van der Waals surface area contributed by atoms with Gasteiger partial charge in [-0.25, -0.2) is 4.98 Å². The lowest BCUT2D eigenvalue weighted by Crippen LogP contribution is -2.41. The summed E-state index contributed by atoms with van der Waals surface area (Å²) in [5.41, 5.74) is 0.941. The van der Waals surface area contributed by atoms with Gasteiger partial charge in [-0.1, -0.05) is 37.6 Å². The van der Waals surface area contributed by atoms with E-state index in [0.717, 1.165) is 21.7 Å². The molecule has 2 aromatic rings. The van der Waals surface area contributed by atoms with Gasteiger partial charge in [-0.05, 0) is 38.2 Å². The Morgan fingerprint density at radius 3 is 2.85 bits per heavy atom. The molecule has 27 heavy (non-hydrogen) atoms. The quantitative estimate of drug-likeness (QED) is 0.447. The molecule has 3 rings (SSSR count). The maximum atomic E-state index is 12.9. The number of carbonyl (C=O) groups is 1. The number of hydrogen-bond donors (Lipinski definition) is 1. The molecular formula is C20H27N3O2S2. The zero-order valence-corrected chi connectivity index (χ0v) is 17.8. The van der Waals surface area contributed by atoms with Gasteiger partial charge >= 0.3 is 0 Å². The van der Waals surface area contributed by atoms with Crippen molar-refractivity contribution in [1.82, 2.24) is 14.9 Å². The van der Waals surface area contributed by atoms with Crippen molar-refractivity contribution in [3.05, 3.63) is 33.4 Å². The SMILES string of the molecule is C=CCn1c(SCC(=O)N[C@H]2CCCC[C@@H]2C)nc2sc(C)c(C)c2c1=O. The lowest BCUT2D eigenvalue weighted by molar-refractivity contribution is -0.119. The van der Waals surface area contributed by atoms with Crippen LogP contribution in [-0.2, 0) is 11.3 Å². The number of amides is 1. The third-order valence-corrected chi connectivity index (χ3v) is 7.43. The average Bonchev–Trinajstić information content (AvgIpc) is 2.92. The van der Waals surface area contributed by atoms with Crippen molar-refractivity contribution in [3.8, 4) is 0 Å². The molecule has 0 saturated heterocycles. The van der Waals surface area contributed by atoms with E-state index in [1.807, 2.05) is 13.8 Å². The van der Waals surface area contributed by atoms with Gasteiger partial charge in [0.2, 0.25) is 5.91 Å². The topological polar surface area (TPSA) is 64.0 Å². The molecule has 1 fully saturated rings.